The molecule has 2 N–H and O–H groups in total. The lowest BCUT2D eigenvalue weighted by Gasteiger charge is -2.11. The molecule has 8 nitrogen and oxygen atoms in total. The number of anilines is 1. The molecule has 0 aliphatic heterocycles. The van der Waals surface area contributed by atoms with Gasteiger partial charge in [-0.2, -0.15) is 0 Å². The van der Waals surface area contributed by atoms with E-state index >= 15 is 0 Å². The van der Waals surface area contributed by atoms with Gasteiger partial charge in [-0.15, -0.1) is 0 Å². The number of rotatable bonds is 5. The van der Waals surface area contributed by atoms with E-state index in [1.54, 1.807) is 43.7 Å². The van der Waals surface area contributed by atoms with Crippen LogP contribution in [0.5, 0.6) is 0 Å². The van der Waals surface area contributed by atoms with E-state index in [9.17, 15) is 9.59 Å². The van der Waals surface area contributed by atoms with Crippen LogP contribution in [0.25, 0.3) is 22.5 Å². The van der Waals surface area contributed by atoms with E-state index in [-0.39, 0.29) is 11.8 Å². The van der Waals surface area contributed by atoms with Crippen molar-refractivity contribution in [2.75, 3.05) is 12.4 Å². The number of hydrogen-bond donors (Lipinski definition) is 2. The lowest BCUT2D eigenvalue weighted by Crippen LogP contribution is -2.19. The van der Waals surface area contributed by atoms with E-state index in [0.29, 0.717) is 28.3 Å². The van der Waals surface area contributed by atoms with Gasteiger partial charge in [0.2, 0.25) is 0 Å². The summed E-state index contributed by atoms with van der Waals surface area (Å²) in [6.45, 7) is 3.82. The van der Waals surface area contributed by atoms with Crippen LogP contribution in [0.1, 0.15) is 32.1 Å². The van der Waals surface area contributed by atoms with Gasteiger partial charge in [-0.1, -0.05) is 6.07 Å². The molecular formula is C25H22N6O2. The zero-order chi connectivity index (χ0) is 23.4. The highest BCUT2D eigenvalue weighted by atomic mass is 16.2. The first kappa shape index (κ1) is 21.8. The Bertz CT molecular complexity index is 1350. The summed E-state index contributed by atoms with van der Waals surface area (Å²) in [7, 11) is 1.56. The van der Waals surface area contributed by atoms with Crippen LogP contribution in [0.4, 0.5) is 5.69 Å². The van der Waals surface area contributed by atoms with E-state index in [0.717, 1.165) is 22.4 Å². The first-order chi connectivity index (χ1) is 15.9. The molecule has 0 atom stereocenters. The zero-order valence-electron chi connectivity index (χ0n) is 18.5. The Balaban J connectivity index is 1.65. The summed E-state index contributed by atoms with van der Waals surface area (Å²) in [4.78, 5) is 41.6. The van der Waals surface area contributed by atoms with Crippen LogP contribution in [0.15, 0.2) is 67.3 Å². The molecule has 3 aromatic heterocycles. The second-order valence-corrected chi connectivity index (χ2v) is 7.47. The average molecular weight is 438 g/mol. The summed E-state index contributed by atoms with van der Waals surface area (Å²) in [5.74, 6) is -0.480. The predicted molar refractivity (Wildman–Crippen MR) is 126 cm³/mol. The number of carbonyl (C=O) groups is 2. The third-order valence-corrected chi connectivity index (χ3v) is 5.11. The number of nitrogens with zero attached hydrogens (tertiary/aromatic N) is 4. The molecular weight excluding hydrogens is 416 g/mol. The number of hydrogen-bond acceptors (Lipinski definition) is 6. The molecule has 0 saturated heterocycles. The van der Waals surface area contributed by atoms with Gasteiger partial charge in [-0.3, -0.25) is 19.6 Å². The second-order valence-electron chi connectivity index (χ2n) is 7.47. The van der Waals surface area contributed by atoms with E-state index in [4.69, 9.17) is 0 Å². The first-order valence-corrected chi connectivity index (χ1v) is 10.3. The summed E-state index contributed by atoms with van der Waals surface area (Å²) in [5, 5.41) is 5.50. The molecule has 0 aliphatic carbocycles. The molecule has 4 rings (SSSR count). The molecule has 2 amide bonds. The minimum atomic E-state index is -0.269. The summed E-state index contributed by atoms with van der Waals surface area (Å²) in [5.41, 5.74) is 6.25. The van der Waals surface area contributed by atoms with Crippen molar-refractivity contribution in [2.24, 2.45) is 0 Å². The van der Waals surface area contributed by atoms with Crippen LogP contribution in [0.3, 0.4) is 0 Å². The van der Waals surface area contributed by atoms with Gasteiger partial charge in [0.15, 0.2) is 0 Å². The smallest absolute Gasteiger partial charge is 0.269 e. The second kappa shape index (κ2) is 9.35. The molecule has 0 saturated carbocycles. The van der Waals surface area contributed by atoms with E-state index < -0.39 is 0 Å². The van der Waals surface area contributed by atoms with Crippen LogP contribution in [0.2, 0.25) is 0 Å². The highest BCUT2D eigenvalue weighted by molar-refractivity contribution is 6.04. The molecule has 33 heavy (non-hydrogen) atoms. The Morgan fingerprint density at radius 2 is 1.58 bits per heavy atom. The molecule has 0 fully saturated rings. The van der Waals surface area contributed by atoms with Gasteiger partial charge >= 0.3 is 0 Å². The maximum Gasteiger partial charge on any atom is 0.269 e. The topological polar surface area (TPSA) is 110 Å². The van der Waals surface area contributed by atoms with Crippen LogP contribution >= 0.6 is 0 Å². The molecule has 3 heterocycles. The minimum Gasteiger partial charge on any atom is -0.354 e. The lowest BCUT2D eigenvalue weighted by molar-refractivity contribution is 0.0957. The number of aromatic nitrogens is 4. The summed E-state index contributed by atoms with van der Waals surface area (Å²) in [6.07, 6.45) is 4.67. The fraction of sp³-hybridized carbons (Fsp3) is 0.120. The fourth-order valence-electron chi connectivity index (χ4n) is 3.37. The van der Waals surface area contributed by atoms with E-state index in [1.165, 1.54) is 6.33 Å². The number of aryl methyl sites for hydroxylation is 2. The zero-order valence-corrected chi connectivity index (χ0v) is 18.5. The average Bonchev–Trinajstić information content (AvgIpc) is 2.85. The number of benzene rings is 1. The molecule has 164 valence electrons. The maximum absolute atomic E-state index is 12.6. The van der Waals surface area contributed by atoms with Crippen LogP contribution in [0, 0.1) is 13.8 Å². The van der Waals surface area contributed by atoms with Gasteiger partial charge in [0.1, 0.15) is 12.0 Å². The first-order valence-electron chi connectivity index (χ1n) is 10.3. The SMILES string of the molecule is CNC(=O)c1cc(-c2cc(-c3cc(NC(=O)c4ccnc(C)c4)ccc3C)ncn2)ccn1. The lowest BCUT2D eigenvalue weighted by atomic mass is 10.0. The quantitative estimate of drug-likeness (QED) is 0.490. The van der Waals surface area contributed by atoms with Crippen molar-refractivity contribution in [1.82, 2.24) is 25.3 Å². The Morgan fingerprint density at radius 1 is 0.788 bits per heavy atom. The maximum atomic E-state index is 12.6. The van der Waals surface area contributed by atoms with Crippen molar-refractivity contribution >= 4 is 17.5 Å². The van der Waals surface area contributed by atoms with Crippen LogP contribution in [-0.4, -0.2) is 38.8 Å². The van der Waals surface area contributed by atoms with Gasteiger partial charge < -0.3 is 10.6 Å². The third kappa shape index (κ3) is 4.90. The molecule has 0 aliphatic rings. The number of carbonyl (C=O) groups excluding carboxylic acids is 2. The molecule has 8 heteroatoms. The number of nitrogens with one attached hydrogen (secondary N) is 2. The van der Waals surface area contributed by atoms with Gasteiger partial charge in [-0.05, 0) is 61.9 Å². The Morgan fingerprint density at radius 3 is 2.36 bits per heavy atom. The van der Waals surface area contributed by atoms with Gasteiger partial charge in [0, 0.05) is 47.5 Å². The Kier molecular flexibility index (Phi) is 6.17. The largest absolute Gasteiger partial charge is 0.354 e. The van der Waals surface area contributed by atoms with Crippen LogP contribution < -0.4 is 10.6 Å². The monoisotopic (exact) mass is 438 g/mol. The third-order valence-electron chi connectivity index (χ3n) is 5.11. The minimum absolute atomic E-state index is 0.211. The van der Waals surface area contributed by atoms with Crippen LogP contribution in [-0.2, 0) is 0 Å². The Labute approximate surface area is 191 Å². The molecule has 1 aromatic carbocycles. The molecule has 0 spiro atoms. The van der Waals surface area contributed by atoms with Crippen molar-refractivity contribution in [2.45, 2.75) is 13.8 Å². The number of amides is 2. The van der Waals surface area contributed by atoms with Crippen molar-refractivity contribution in [1.29, 1.82) is 0 Å². The molecule has 0 unspecified atom stereocenters. The van der Waals surface area contributed by atoms with E-state index in [2.05, 4.69) is 30.6 Å². The van der Waals surface area contributed by atoms with Gasteiger partial charge in [-0.25, -0.2) is 9.97 Å². The normalized spacial score (nSPS) is 10.5. The van der Waals surface area contributed by atoms with Gasteiger partial charge in [0.25, 0.3) is 11.8 Å². The molecule has 0 bridgehead atoms. The molecule has 4 aromatic rings. The number of pyridine rings is 2. The standard InChI is InChI=1S/C25H22N6O2/c1-15-4-5-19(31-24(32)18-7-8-27-16(2)10-18)12-20(15)22-13-21(29-14-30-22)17-6-9-28-23(11-17)25(33)26-3/h4-14H,1-3H3,(H,26,33)(H,31,32). The Hall–Kier alpha value is -4.46. The summed E-state index contributed by atoms with van der Waals surface area (Å²) < 4.78 is 0. The summed E-state index contributed by atoms with van der Waals surface area (Å²) >= 11 is 0. The van der Waals surface area contributed by atoms with E-state index in [1.807, 2.05) is 38.1 Å². The highest BCUT2D eigenvalue weighted by Crippen LogP contribution is 2.28. The van der Waals surface area contributed by atoms with Crippen molar-refractivity contribution in [3.63, 3.8) is 0 Å². The highest BCUT2D eigenvalue weighted by Gasteiger charge is 2.12. The fourth-order valence-corrected chi connectivity index (χ4v) is 3.37. The van der Waals surface area contributed by atoms with Crippen molar-refractivity contribution in [3.05, 3.63) is 89.8 Å². The summed E-state index contributed by atoms with van der Waals surface area (Å²) in [6, 6.07) is 14.4. The predicted octanol–water partition coefficient (Wildman–Crippen LogP) is 3.83. The van der Waals surface area contributed by atoms with Crippen molar-refractivity contribution in [3.8, 4) is 22.5 Å². The molecule has 0 radical (unpaired) electrons. The van der Waals surface area contributed by atoms with Gasteiger partial charge in [0.05, 0.1) is 11.4 Å². The van der Waals surface area contributed by atoms with Crippen molar-refractivity contribution < 1.29 is 9.59 Å².